The molecule has 206 valence electrons. The lowest BCUT2D eigenvalue weighted by Crippen LogP contribution is -2.29. The largest absolute Gasteiger partial charge is 0.507 e. The molecule has 1 atom stereocenters. The maximum atomic E-state index is 13.5. The van der Waals surface area contributed by atoms with Gasteiger partial charge in [0.25, 0.3) is 5.78 Å². The van der Waals surface area contributed by atoms with Crippen molar-refractivity contribution in [2.75, 3.05) is 18.1 Å². The zero-order valence-corrected chi connectivity index (χ0v) is 23.8. The van der Waals surface area contributed by atoms with Crippen LogP contribution in [0.1, 0.15) is 50.3 Å². The standard InChI is InChI=1S/C31H29ClN2O5S/c1-3-5-17-39-23-11-6-19(7-12-23)27-26(28(35)20-8-13-22(14-9-20)38-16-4-2)29(36)30(37)34(27)31-33-24-15-10-21(32)18-25(24)40-31/h6-15,18,27,35H,3-5,16-17H2,1-2H3/b28-26+. The molecule has 0 spiro atoms. The number of unbranched alkanes of at least 4 members (excludes halogenated alkanes) is 1. The Kier molecular flexibility index (Phi) is 8.38. The molecule has 40 heavy (non-hydrogen) atoms. The summed E-state index contributed by atoms with van der Waals surface area (Å²) >= 11 is 7.44. The molecule has 1 aliphatic heterocycles. The number of aliphatic hydroxyl groups excluding tert-OH is 1. The number of halogens is 1. The van der Waals surface area contributed by atoms with Crippen molar-refractivity contribution in [3.8, 4) is 11.5 Å². The summed E-state index contributed by atoms with van der Waals surface area (Å²) in [6.07, 6.45) is 2.82. The molecule has 1 N–H and O–H groups in total. The average Bonchev–Trinajstić information content (AvgIpc) is 3.49. The number of aliphatic hydroxyl groups is 1. The molecule has 1 amide bonds. The number of anilines is 1. The van der Waals surface area contributed by atoms with Gasteiger partial charge in [-0.25, -0.2) is 4.98 Å². The number of nitrogens with zero attached hydrogens (tertiary/aromatic N) is 2. The second kappa shape index (κ2) is 12.1. The Morgan fingerprint density at radius 2 is 1.62 bits per heavy atom. The second-order valence-electron chi connectivity index (χ2n) is 9.42. The van der Waals surface area contributed by atoms with E-state index >= 15 is 0 Å². The molecule has 1 unspecified atom stereocenters. The predicted octanol–water partition coefficient (Wildman–Crippen LogP) is 7.54. The van der Waals surface area contributed by atoms with E-state index in [9.17, 15) is 14.7 Å². The van der Waals surface area contributed by atoms with Crippen molar-refractivity contribution in [1.82, 2.24) is 4.98 Å². The van der Waals surface area contributed by atoms with Crippen LogP contribution in [0.5, 0.6) is 11.5 Å². The first kappa shape index (κ1) is 27.7. The normalized spacial score (nSPS) is 16.6. The highest BCUT2D eigenvalue weighted by Crippen LogP contribution is 2.44. The molecule has 0 saturated carbocycles. The van der Waals surface area contributed by atoms with Crippen molar-refractivity contribution in [3.63, 3.8) is 0 Å². The molecule has 3 aromatic carbocycles. The highest BCUT2D eigenvalue weighted by atomic mass is 35.5. The quantitative estimate of drug-likeness (QED) is 0.0907. The number of aromatic nitrogens is 1. The third-order valence-corrected chi connectivity index (χ3v) is 7.81. The van der Waals surface area contributed by atoms with Gasteiger partial charge in [-0.15, -0.1) is 0 Å². The maximum Gasteiger partial charge on any atom is 0.301 e. The van der Waals surface area contributed by atoms with E-state index in [2.05, 4.69) is 11.9 Å². The van der Waals surface area contributed by atoms with Gasteiger partial charge in [-0.05, 0) is 73.0 Å². The summed E-state index contributed by atoms with van der Waals surface area (Å²) in [4.78, 5) is 33.0. The van der Waals surface area contributed by atoms with E-state index in [0.29, 0.717) is 51.5 Å². The fraction of sp³-hybridized carbons (Fsp3) is 0.258. The topological polar surface area (TPSA) is 89.0 Å². The van der Waals surface area contributed by atoms with Gasteiger partial charge in [0.15, 0.2) is 5.13 Å². The summed E-state index contributed by atoms with van der Waals surface area (Å²) in [6.45, 7) is 5.28. The molecule has 5 rings (SSSR count). The summed E-state index contributed by atoms with van der Waals surface area (Å²) in [5.74, 6) is -0.466. The highest BCUT2D eigenvalue weighted by Gasteiger charge is 2.48. The first-order valence-electron chi connectivity index (χ1n) is 13.2. The molecule has 0 bridgehead atoms. The summed E-state index contributed by atoms with van der Waals surface area (Å²) in [6, 6.07) is 18.4. The predicted molar refractivity (Wildman–Crippen MR) is 158 cm³/mol. The van der Waals surface area contributed by atoms with Gasteiger partial charge in [0.05, 0.1) is 35.0 Å². The monoisotopic (exact) mass is 576 g/mol. The Hall–Kier alpha value is -3.88. The van der Waals surface area contributed by atoms with Crippen molar-refractivity contribution in [2.24, 2.45) is 0 Å². The number of Topliss-reactive ketones (excluding diaryl/α,β-unsaturated/α-hetero) is 1. The first-order chi connectivity index (χ1) is 19.4. The van der Waals surface area contributed by atoms with Crippen LogP contribution < -0.4 is 14.4 Å². The van der Waals surface area contributed by atoms with Crippen LogP contribution in [0, 0.1) is 0 Å². The van der Waals surface area contributed by atoms with Crippen molar-refractivity contribution in [3.05, 3.63) is 88.5 Å². The molecule has 1 fully saturated rings. The van der Waals surface area contributed by atoms with Crippen LogP contribution >= 0.6 is 22.9 Å². The lowest BCUT2D eigenvalue weighted by atomic mass is 9.95. The highest BCUT2D eigenvalue weighted by molar-refractivity contribution is 7.22. The Bertz CT molecular complexity index is 1560. The number of thiazole rings is 1. The number of benzene rings is 3. The first-order valence-corrected chi connectivity index (χ1v) is 14.4. The molecule has 2 heterocycles. The lowest BCUT2D eigenvalue weighted by molar-refractivity contribution is -0.132. The van der Waals surface area contributed by atoms with Gasteiger partial charge in [0, 0.05) is 10.6 Å². The van der Waals surface area contributed by atoms with Gasteiger partial charge in [-0.2, -0.15) is 0 Å². The van der Waals surface area contributed by atoms with Crippen LogP contribution in [0.15, 0.2) is 72.3 Å². The second-order valence-corrected chi connectivity index (χ2v) is 10.9. The molecule has 4 aromatic rings. The zero-order chi connectivity index (χ0) is 28.2. The average molecular weight is 577 g/mol. The number of amides is 1. The van der Waals surface area contributed by atoms with E-state index in [0.717, 1.165) is 24.0 Å². The number of ketones is 1. The summed E-state index contributed by atoms with van der Waals surface area (Å²) in [5.41, 5.74) is 1.70. The number of ether oxygens (including phenoxy) is 2. The Morgan fingerprint density at radius 1 is 0.950 bits per heavy atom. The molecular weight excluding hydrogens is 548 g/mol. The van der Waals surface area contributed by atoms with E-state index in [1.54, 1.807) is 42.5 Å². The number of rotatable bonds is 10. The number of fused-ring (bicyclic) bond motifs is 1. The maximum absolute atomic E-state index is 13.5. The van der Waals surface area contributed by atoms with Gasteiger partial charge >= 0.3 is 5.91 Å². The van der Waals surface area contributed by atoms with Crippen LogP contribution in [-0.2, 0) is 9.59 Å². The Morgan fingerprint density at radius 3 is 2.30 bits per heavy atom. The molecule has 1 saturated heterocycles. The molecule has 1 aromatic heterocycles. The van der Waals surface area contributed by atoms with E-state index in [1.165, 1.54) is 16.2 Å². The minimum absolute atomic E-state index is 0.0100. The van der Waals surface area contributed by atoms with Crippen LogP contribution in [0.3, 0.4) is 0 Å². The minimum Gasteiger partial charge on any atom is -0.507 e. The van der Waals surface area contributed by atoms with Gasteiger partial charge in [0.1, 0.15) is 17.3 Å². The van der Waals surface area contributed by atoms with Gasteiger partial charge in [-0.1, -0.05) is 55.3 Å². The molecular formula is C31H29ClN2O5S. The summed E-state index contributed by atoms with van der Waals surface area (Å²) < 4.78 is 12.2. The van der Waals surface area contributed by atoms with Crippen molar-refractivity contribution in [1.29, 1.82) is 0 Å². The SMILES string of the molecule is CCCCOc1ccc(C2/C(=C(\O)c3ccc(OCCC)cc3)C(=O)C(=O)N2c2nc3ccc(Cl)cc3s2)cc1. The molecule has 9 heteroatoms. The van der Waals surface area contributed by atoms with E-state index in [-0.39, 0.29) is 11.3 Å². The molecule has 0 radical (unpaired) electrons. The van der Waals surface area contributed by atoms with Gasteiger partial charge < -0.3 is 14.6 Å². The van der Waals surface area contributed by atoms with Crippen molar-refractivity contribution < 1.29 is 24.2 Å². The Labute approximate surface area is 241 Å². The van der Waals surface area contributed by atoms with Crippen LogP contribution in [0.2, 0.25) is 5.02 Å². The van der Waals surface area contributed by atoms with Gasteiger partial charge in [-0.3, -0.25) is 14.5 Å². The summed E-state index contributed by atoms with van der Waals surface area (Å²) in [5, 5.41) is 12.3. The smallest absolute Gasteiger partial charge is 0.301 e. The van der Waals surface area contributed by atoms with Crippen LogP contribution in [-0.4, -0.2) is 35.0 Å². The zero-order valence-electron chi connectivity index (χ0n) is 22.2. The van der Waals surface area contributed by atoms with Crippen LogP contribution in [0.4, 0.5) is 5.13 Å². The lowest BCUT2D eigenvalue weighted by Gasteiger charge is -2.23. The summed E-state index contributed by atoms with van der Waals surface area (Å²) in [7, 11) is 0. The number of hydrogen-bond acceptors (Lipinski definition) is 7. The van der Waals surface area contributed by atoms with Crippen LogP contribution in [0.25, 0.3) is 16.0 Å². The number of hydrogen-bond donors (Lipinski definition) is 1. The third-order valence-electron chi connectivity index (χ3n) is 6.55. The number of carbonyl (C=O) groups excluding carboxylic acids is 2. The fourth-order valence-corrected chi connectivity index (χ4v) is 5.77. The van der Waals surface area contributed by atoms with Gasteiger partial charge in [0.2, 0.25) is 0 Å². The minimum atomic E-state index is -0.892. The van der Waals surface area contributed by atoms with Crippen molar-refractivity contribution >= 4 is 55.7 Å². The van der Waals surface area contributed by atoms with E-state index < -0.39 is 17.7 Å². The van der Waals surface area contributed by atoms with E-state index in [4.69, 9.17) is 21.1 Å². The molecule has 7 nitrogen and oxygen atoms in total. The van der Waals surface area contributed by atoms with E-state index in [1.807, 2.05) is 31.2 Å². The number of carbonyl (C=O) groups is 2. The fourth-order valence-electron chi connectivity index (χ4n) is 4.50. The van der Waals surface area contributed by atoms with Crippen molar-refractivity contribution in [2.45, 2.75) is 39.2 Å². The Balaban J connectivity index is 1.59. The molecule has 0 aliphatic carbocycles. The third kappa shape index (κ3) is 5.55. The molecule has 1 aliphatic rings.